The fourth-order valence-electron chi connectivity index (χ4n) is 0.804. The van der Waals surface area contributed by atoms with Gasteiger partial charge in [0.25, 0.3) is 0 Å². The van der Waals surface area contributed by atoms with Crippen molar-refractivity contribution in [3.8, 4) is 6.07 Å². The lowest BCUT2D eigenvalue weighted by Crippen LogP contribution is -2.25. The number of hydrazine groups is 2. The molecule has 0 aromatic heterocycles. The molecule has 0 aromatic carbocycles. The molecule has 0 saturated carbocycles. The molecule has 1 atom stereocenters. The molecule has 9 nitrogen and oxygen atoms in total. The number of esters is 1. The number of nitrogens with one attached hydrogen (secondary N) is 1. The smallest absolute Gasteiger partial charge is 0.310 e. The Morgan fingerprint density at radius 2 is 2.00 bits per heavy atom. The lowest BCUT2D eigenvalue weighted by molar-refractivity contribution is -0.145. The molecule has 108 valence electrons. The second-order valence-electron chi connectivity index (χ2n) is 2.78. The van der Waals surface area contributed by atoms with Crippen molar-refractivity contribution < 1.29 is 14.3 Å². The van der Waals surface area contributed by atoms with Crippen LogP contribution < -0.4 is 28.7 Å². The summed E-state index contributed by atoms with van der Waals surface area (Å²) in [6.07, 6.45) is 0.625. The van der Waals surface area contributed by atoms with Crippen LogP contribution in [-0.2, 0) is 14.3 Å². The minimum Gasteiger partial charge on any atom is -0.469 e. The molecular weight excluding hydrogens is 240 g/mol. The highest BCUT2D eigenvalue weighted by Gasteiger charge is 2.16. The summed E-state index contributed by atoms with van der Waals surface area (Å²) in [7, 11) is 2.95. The molecule has 0 amide bonds. The van der Waals surface area contributed by atoms with E-state index in [-0.39, 0.29) is 18.4 Å². The van der Waals surface area contributed by atoms with Crippen molar-refractivity contribution in [2.45, 2.75) is 6.42 Å². The zero-order valence-corrected chi connectivity index (χ0v) is 10.9. The topological polar surface area (TPSA) is 175 Å². The fraction of sp³-hybridized carbons (Fsp3) is 0.778. The fourth-order valence-corrected chi connectivity index (χ4v) is 0.804. The van der Waals surface area contributed by atoms with Gasteiger partial charge in [0.2, 0.25) is 0 Å². The Balaban J connectivity index is -0.000000270. The first-order valence-corrected chi connectivity index (χ1v) is 5.08. The van der Waals surface area contributed by atoms with E-state index in [2.05, 4.69) is 27.7 Å². The largest absolute Gasteiger partial charge is 0.469 e. The highest BCUT2D eigenvalue weighted by atomic mass is 16.5. The molecule has 0 aliphatic heterocycles. The molecule has 0 radical (unpaired) electrons. The lowest BCUT2D eigenvalue weighted by atomic mass is 10.1. The van der Waals surface area contributed by atoms with Gasteiger partial charge in [0.15, 0.2) is 0 Å². The third-order valence-electron chi connectivity index (χ3n) is 1.67. The van der Waals surface area contributed by atoms with Gasteiger partial charge in [0.1, 0.15) is 0 Å². The molecule has 0 aliphatic rings. The van der Waals surface area contributed by atoms with E-state index in [1.54, 1.807) is 13.2 Å². The van der Waals surface area contributed by atoms with Gasteiger partial charge < -0.3 is 15.2 Å². The van der Waals surface area contributed by atoms with Gasteiger partial charge in [-0.3, -0.25) is 22.3 Å². The quantitative estimate of drug-likeness (QED) is 0.151. The number of ether oxygens (including phenoxy) is 2. The van der Waals surface area contributed by atoms with Crippen LogP contribution in [0.5, 0.6) is 0 Å². The van der Waals surface area contributed by atoms with Crippen molar-refractivity contribution in [3.63, 3.8) is 0 Å². The van der Waals surface area contributed by atoms with Crippen molar-refractivity contribution in [1.29, 1.82) is 5.26 Å². The van der Waals surface area contributed by atoms with Gasteiger partial charge in [-0.1, -0.05) is 0 Å². The second-order valence-corrected chi connectivity index (χ2v) is 2.78. The first-order valence-electron chi connectivity index (χ1n) is 5.08. The van der Waals surface area contributed by atoms with Gasteiger partial charge in [-0.2, -0.15) is 5.26 Å². The van der Waals surface area contributed by atoms with E-state index in [1.807, 2.05) is 0 Å². The number of nitrogens with zero attached hydrogens (tertiary/aromatic N) is 1. The van der Waals surface area contributed by atoms with Crippen molar-refractivity contribution in [1.82, 2.24) is 5.43 Å². The van der Waals surface area contributed by atoms with Gasteiger partial charge >= 0.3 is 5.97 Å². The van der Waals surface area contributed by atoms with Crippen LogP contribution in [0.2, 0.25) is 0 Å². The number of carbonyl (C=O) groups excluding carboxylic acids is 1. The average molecular weight is 264 g/mol. The molecular formula is C9H24N6O3. The molecule has 0 spiro atoms. The maximum absolute atomic E-state index is 10.9. The molecule has 0 fully saturated rings. The molecule has 0 aliphatic carbocycles. The Bertz CT molecular complexity index is 209. The SMILES string of the molecule is COCCC(CN)C(=O)OC.N#CCNN.NN. The number of hydrogen-bond acceptors (Lipinski definition) is 9. The normalized spacial score (nSPS) is 9.83. The Morgan fingerprint density at radius 3 is 2.22 bits per heavy atom. The van der Waals surface area contributed by atoms with Gasteiger partial charge in [-0.05, 0) is 6.42 Å². The average Bonchev–Trinajstić information content (AvgIpc) is 2.43. The third-order valence-corrected chi connectivity index (χ3v) is 1.67. The van der Waals surface area contributed by atoms with Crippen LogP contribution in [0.15, 0.2) is 0 Å². The molecule has 0 heterocycles. The summed E-state index contributed by atoms with van der Waals surface area (Å²) in [5.74, 6) is 12.2. The van der Waals surface area contributed by atoms with Crippen LogP contribution in [-0.4, -0.2) is 39.9 Å². The molecule has 9 heteroatoms. The monoisotopic (exact) mass is 264 g/mol. The molecule has 9 N–H and O–H groups in total. The number of rotatable bonds is 6. The zero-order valence-electron chi connectivity index (χ0n) is 10.9. The number of nitrogens with two attached hydrogens (primary N) is 4. The van der Waals surface area contributed by atoms with Gasteiger partial charge in [0, 0.05) is 20.3 Å². The number of nitriles is 1. The van der Waals surface area contributed by atoms with E-state index in [4.69, 9.17) is 15.7 Å². The zero-order chi connectivity index (χ0) is 14.8. The summed E-state index contributed by atoms with van der Waals surface area (Å²) in [5.41, 5.74) is 7.49. The molecule has 18 heavy (non-hydrogen) atoms. The first-order chi connectivity index (χ1) is 8.67. The van der Waals surface area contributed by atoms with Crippen LogP contribution >= 0.6 is 0 Å². The van der Waals surface area contributed by atoms with Gasteiger partial charge in [0.05, 0.1) is 25.6 Å². The maximum atomic E-state index is 10.9. The predicted molar refractivity (Wildman–Crippen MR) is 67.2 cm³/mol. The molecule has 0 rings (SSSR count). The van der Waals surface area contributed by atoms with Crippen LogP contribution in [0.1, 0.15) is 6.42 Å². The van der Waals surface area contributed by atoms with Crippen molar-refractivity contribution in [2.75, 3.05) is 33.9 Å². The van der Waals surface area contributed by atoms with E-state index in [9.17, 15) is 4.79 Å². The van der Waals surface area contributed by atoms with E-state index in [1.165, 1.54) is 7.11 Å². The summed E-state index contributed by atoms with van der Waals surface area (Å²) in [6, 6.07) is 1.78. The minimum absolute atomic E-state index is 0.222. The van der Waals surface area contributed by atoms with Gasteiger partial charge in [-0.15, -0.1) is 0 Å². The van der Waals surface area contributed by atoms with Crippen molar-refractivity contribution >= 4 is 5.97 Å². The Hall–Kier alpha value is -1.28. The summed E-state index contributed by atoms with van der Waals surface area (Å²) < 4.78 is 9.33. The number of carbonyl (C=O) groups is 1. The lowest BCUT2D eigenvalue weighted by Gasteiger charge is -2.10. The van der Waals surface area contributed by atoms with E-state index >= 15 is 0 Å². The van der Waals surface area contributed by atoms with Crippen LogP contribution in [0, 0.1) is 17.2 Å². The Kier molecular flexibility index (Phi) is 25.7. The third kappa shape index (κ3) is 17.1. The Morgan fingerprint density at radius 1 is 1.44 bits per heavy atom. The molecule has 0 aromatic rings. The molecule has 1 unspecified atom stereocenters. The molecule has 0 bridgehead atoms. The highest BCUT2D eigenvalue weighted by molar-refractivity contribution is 5.72. The van der Waals surface area contributed by atoms with Crippen molar-refractivity contribution in [2.24, 2.45) is 29.2 Å². The highest BCUT2D eigenvalue weighted by Crippen LogP contribution is 2.02. The van der Waals surface area contributed by atoms with Crippen LogP contribution in [0.4, 0.5) is 0 Å². The maximum Gasteiger partial charge on any atom is 0.310 e. The summed E-state index contributed by atoms with van der Waals surface area (Å²) in [5, 5.41) is 7.67. The standard InChI is InChI=1S/C7H15NO3.C2H5N3.H4N2/c1-10-4-3-6(5-8)7(9)11-2;3-1-2-5-4;1-2/h6H,3-5,8H2,1-2H3;5H,2,4H2;1-2H2. The first kappa shape index (κ1) is 21.9. The second kappa shape index (κ2) is 21.1. The number of methoxy groups -OCH3 is 2. The minimum atomic E-state index is -0.260. The van der Waals surface area contributed by atoms with E-state index in [0.29, 0.717) is 19.6 Å². The van der Waals surface area contributed by atoms with E-state index in [0.717, 1.165) is 0 Å². The van der Waals surface area contributed by atoms with Gasteiger partial charge in [-0.25, -0.2) is 5.43 Å². The summed E-state index contributed by atoms with van der Waals surface area (Å²) in [6.45, 7) is 1.08. The van der Waals surface area contributed by atoms with E-state index < -0.39 is 0 Å². The summed E-state index contributed by atoms with van der Waals surface area (Å²) in [4.78, 5) is 10.9. The number of hydrogen-bond donors (Lipinski definition) is 5. The van der Waals surface area contributed by atoms with Crippen molar-refractivity contribution in [3.05, 3.63) is 0 Å². The predicted octanol–water partition coefficient (Wildman–Crippen LogP) is -2.44. The van der Waals surface area contributed by atoms with Crippen LogP contribution in [0.3, 0.4) is 0 Å². The van der Waals surface area contributed by atoms with Crippen LogP contribution in [0.25, 0.3) is 0 Å². The molecule has 0 saturated heterocycles. The summed E-state index contributed by atoms with van der Waals surface area (Å²) >= 11 is 0. The Labute approximate surface area is 107 Å².